The third-order valence-corrected chi connectivity index (χ3v) is 5.14. The van der Waals surface area contributed by atoms with Gasteiger partial charge in [-0.15, -0.1) is 0 Å². The van der Waals surface area contributed by atoms with Crippen LogP contribution in [0.25, 0.3) is 0 Å². The lowest BCUT2D eigenvalue weighted by Crippen LogP contribution is -2.40. The second-order valence-electron chi connectivity index (χ2n) is 6.58. The Bertz CT molecular complexity index is 761. The summed E-state index contributed by atoms with van der Waals surface area (Å²) < 4.78 is 11.0. The van der Waals surface area contributed by atoms with Crippen molar-refractivity contribution in [1.82, 2.24) is 4.90 Å². The van der Waals surface area contributed by atoms with Crippen LogP contribution in [-0.2, 0) is 4.79 Å². The van der Waals surface area contributed by atoms with Crippen molar-refractivity contribution in [2.24, 2.45) is 5.92 Å². The second kappa shape index (κ2) is 9.62. The molecular weight excluding hydrogens is 364 g/mol. The van der Waals surface area contributed by atoms with Crippen LogP contribution in [0.4, 0.5) is 5.69 Å². The maximum absolute atomic E-state index is 12.6. The minimum atomic E-state index is 0.0237. The van der Waals surface area contributed by atoms with Gasteiger partial charge >= 0.3 is 0 Å². The van der Waals surface area contributed by atoms with Crippen molar-refractivity contribution in [2.75, 3.05) is 38.7 Å². The van der Waals surface area contributed by atoms with Crippen LogP contribution in [0.5, 0.6) is 11.5 Å². The van der Waals surface area contributed by atoms with E-state index in [-0.39, 0.29) is 11.8 Å². The number of ether oxygens (including phenoxy) is 2. The summed E-state index contributed by atoms with van der Waals surface area (Å²) in [7, 11) is 1.61. The van der Waals surface area contributed by atoms with Gasteiger partial charge in [0.15, 0.2) is 0 Å². The molecule has 0 radical (unpaired) electrons. The van der Waals surface area contributed by atoms with E-state index in [1.165, 1.54) is 0 Å². The number of amides is 1. The smallest absolute Gasteiger partial charge is 0.227 e. The van der Waals surface area contributed by atoms with Crippen molar-refractivity contribution in [3.05, 3.63) is 53.6 Å². The fourth-order valence-electron chi connectivity index (χ4n) is 3.25. The molecule has 5 nitrogen and oxygen atoms in total. The lowest BCUT2D eigenvalue weighted by molar-refractivity contribution is -0.121. The predicted molar refractivity (Wildman–Crippen MR) is 108 cm³/mol. The molecule has 1 aliphatic rings. The number of piperidine rings is 1. The summed E-state index contributed by atoms with van der Waals surface area (Å²) in [5, 5.41) is 3.62. The van der Waals surface area contributed by atoms with Crippen molar-refractivity contribution < 1.29 is 14.3 Å². The average molecular weight is 389 g/mol. The largest absolute Gasteiger partial charge is 0.495 e. The summed E-state index contributed by atoms with van der Waals surface area (Å²) in [5.74, 6) is 1.48. The van der Waals surface area contributed by atoms with E-state index in [0.29, 0.717) is 23.1 Å². The normalized spacial score (nSPS) is 15.3. The average Bonchev–Trinajstić information content (AvgIpc) is 2.70. The van der Waals surface area contributed by atoms with Gasteiger partial charge < -0.3 is 14.8 Å². The number of rotatable bonds is 7. The molecule has 0 aromatic heterocycles. The monoisotopic (exact) mass is 388 g/mol. The first kappa shape index (κ1) is 19.5. The molecule has 2 aromatic carbocycles. The van der Waals surface area contributed by atoms with Crippen LogP contribution >= 0.6 is 11.6 Å². The quantitative estimate of drug-likeness (QED) is 0.776. The minimum Gasteiger partial charge on any atom is -0.495 e. The highest BCUT2D eigenvalue weighted by atomic mass is 35.5. The van der Waals surface area contributed by atoms with Crippen molar-refractivity contribution in [1.29, 1.82) is 0 Å². The van der Waals surface area contributed by atoms with Crippen LogP contribution in [0.2, 0.25) is 5.02 Å². The summed E-state index contributed by atoms with van der Waals surface area (Å²) in [6.07, 6.45) is 1.68. The molecule has 0 aliphatic carbocycles. The Kier molecular flexibility index (Phi) is 6.96. The fourth-order valence-corrected chi connectivity index (χ4v) is 3.44. The number of nitrogens with one attached hydrogen (secondary N) is 1. The fraction of sp³-hybridized carbons (Fsp3) is 0.381. The van der Waals surface area contributed by atoms with Crippen molar-refractivity contribution >= 4 is 23.2 Å². The van der Waals surface area contributed by atoms with Crippen LogP contribution in [0, 0.1) is 5.92 Å². The predicted octanol–water partition coefficient (Wildman–Crippen LogP) is 4.08. The maximum Gasteiger partial charge on any atom is 0.227 e. The number of halogens is 1. The van der Waals surface area contributed by atoms with Gasteiger partial charge in [-0.05, 0) is 50.2 Å². The summed E-state index contributed by atoms with van der Waals surface area (Å²) in [6.45, 7) is 3.18. The standard InChI is InChI=1S/C21H25ClN2O3/c1-26-20-9-5-3-7-18(20)23-21(25)16-10-12-24(13-11-16)14-15-27-19-8-4-2-6-17(19)22/h2-9,16H,10-15H2,1H3,(H,23,25). The number of hydrogen-bond donors (Lipinski definition) is 1. The third kappa shape index (κ3) is 5.37. The first-order valence-electron chi connectivity index (χ1n) is 9.21. The van der Waals surface area contributed by atoms with Crippen LogP contribution in [-0.4, -0.2) is 44.2 Å². The lowest BCUT2D eigenvalue weighted by Gasteiger charge is -2.31. The van der Waals surface area contributed by atoms with Crippen LogP contribution in [0.3, 0.4) is 0 Å². The van der Waals surface area contributed by atoms with Crippen LogP contribution in [0.1, 0.15) is 12.8 Å². The molecule has 1 N–H and O–H groups in total. The molecule has 0 spiro atoms. The number of methoxy groups -OCH3 is 1. The zero-order valence-electron chi connectivity index (χ0n) is 15.5. The molecule has 1 heterocycles. The third-order valence-electron chi connectivity index (χ3n) is 4.82. The maximum atomic E-state index is 12.6. The number of para-hydroxylation sites is 3. The highest BCUT2D eigenvalue weighted by Crippen LogP contribution is 2.26. The first-order valence-corrected chi connectivity index (χ1v) is 9.58. The molecule has 3 rings (SSSR count). The van der Waals surface area contributed by atoms with Crippen LogP contribution in [0.15, 0.2) is 48.5 Å². The second-order valence-corrected chi connectivity index (χ2v) is 6.99. The van der Waals surface area contributed by atoms with Gasteiger partial charge in [-0.1, -0.05) is 35.9 Å². The number of nitrogens with zero attached hydrogens (tertiary/aromatic N) is 1. The van der Waals surface area contributed by atoms with Gasteiger partial charge in [0.05, 0.1) is 17.8 Å². The Hall–Kier alpha value is -2.24. The van der Waals surface area contributed by atoms with E-state index < -0.39 is 0 Å². The summed E-state index contributed by atoms with van der Waals surface area (Å²) in [6, 6.07) is 15.0. The van der Waals surface area contributed by atoms with Crippen molar-refractivity contribution in [3.63, 3.8) is 0 Å². The molecule has 0 unspecified atom stereocenters. The Labute approximate surface area is 165 Å². The van der Waals surface area contributed by atoms with Gasteiger partial charge in [0.25, 0.3) is 0 Å². The zero-order valence-corrected chi connectivity index (χ0v) is 16.2. The Morgan fingerprint density at radius 2 is 1.78 bits per heavy atom. The number of likely N-dealkylation sites (tertiary alicyclic amines) is 1. The molecule has 2 aromatic rings. The summed E-state index contributed by atoms with van der Waals surface area (Å²) in [5.41, 5.74) is 0.723. The molecule has 1 amide bonds. The summed E-state index contributed by atoms with van der Waals surface area (Å²) >= 11 is 6.10. The van der Waals surface area contributed by atoms with E-state index in [2.05, 4.69) is 10.2 Å². The molecule has 1 fully saturated rings. The van der Waals surface area contributed by atoms with Gasteiger partial charge in [0, 0.05) is 12.5 Å². The molecule has 0 saturated carbocycles. The highest BCUT2D eigenvalue weighted by molar-refractivity contribution is 6.32. The Balaban J connectivity index is 1.42. The Morgan fingerprint density at radius 1 is 1.11 bits per heavy atom. The van der Waals surface area contributed by atoms with Crippen molar-refractivity contribution in [2.45, 2.75) is 12.8 Å². The molecular formula is C21H25ClN2O3. The van der Waals surface area contributed by atoms with E-state index in [9.17, 15) is 4.79 Å². The van der Waals surface area contributed by atoms with E-state index in [1.54, 1.807) is 7.11 Å². The molecule has 1 aliphatic heterocycles. The van der Waals surface area contributed by atoms with Crippen molar-refractivity contribution in [3.8, 4) is 11.5 Å². The number of anilines is 1. The molecule has 6 heteroatoms. The number of carbonyl (C=O) groups excluding carboxylic acids is 1. The van der Waals surface area contributed by atoms with Gasteiger partial charge in [-0.2, -0.15) is 0 Å². The van der Waals surface area contributed by atoms with Gasteiger partial charge in [-0.3, -0.25) is 9.69 Å². The van der Waals surface area contributed by atoms with E-state index in [0.717, 1.165) is 38.2 Å². The van der Waals surface area contributed by atoms with Gasteiger partial charge in [-0.25, -0.2) is 0 Å². The number of carbonyl (C=O) groups is 1. The highest BCUT2D eigenvalue weighted by Gasteiger charge is 2.25. The molecule has 0 atom stereocenters. The van der Waals surface area contributed by atoms with E-state index in [4.69, 9.17) is 21.1 Å². The van der Waals surface area contributed by atoms with Gasteiger partial charge in [0.1, 0.15) is 18.1 Å². The van der Waals surface area contributed by atoms with E-state index >= 15 is 0 Å². The number of benzene rings is 2. The topological polar surface area (TPSA) is 50.8 Å². The molecule has 0 bridgehead atoms. The van der Waals surface area contributed by atoms with E-state index in [1.807, 2.05) is 48.5 Å². The van der Waals surface area contributed by atoms with Gasteiger partial charge in [0.2, 0.25) is 5.91 Å². The SMILES string of the molecule is COc1ccccc1NC(=O)C1CCN(CCOc2ccccc2Cl)CC1. The molecule has 1 saturated heterocycles. The zero-order chi connectivity index (χ0) is 19.1. The lowest BCUT2D eigenvalue weighted by atomic mass is 9.96. The number of hydrogen-bond acceptors (Lipinski definition) is 4. The molecule has 144 valence electrons. The minimum absolute atomic E-state index is 0.0237. The summed E-state index contributed by atoms with van der Waals surface area (Å²) in [4.78, 5) is 14.9. The van der Waals surface area contributed by atoms with Crippen LogP contribution < -0.4 is 14.8 Å². The molecule has 27 heavy (non-hydrogen) atoms. The first-order chi connectivity index (χ1) is 13.2. The Morgan fingerprint density at radius 3 is 2.48 bits per heavy atom.